The van der Waals surface area contributed by atoms with Crippen molar-refractivity contribution in [1.82, 2.24) is 4.98 Å². The summed E-state index contributed by atoms with van der Waals surface area (Å²) in [5.74, 6) is -0.0476. The molecular formula is C20H28N3O4+. The zero-order valence-electron chi connectivity index (χ0n) is 16.2. The van der Waals surface area contributed by atoms with Crippen molar-refractivity contribution in [2.24, 2.45) is 0 Å². The average Bonchev–Trinajstić information content (AvgIpc) is 3.06. The average molecular weight is 374 g/mol. The van der Waals surface area contributed by atoms with E-state index in [0.29, 0.717) is 34.9 Å². The minimum absolute atomic E-state index is 0.109. The molecule has 7 nitrogen and oxygen atoms in total. The second-order valence-corrected chi connectivity index (χ2v) is 6.98. The van der Waals surface area contributed by atoms with Gasteiger partial charge >= 0.3 is 5.97 Å². The van der Waals surface area contributed by atoms with Crippen LogP contribution in [0.5, 0.6) is 5.75 Å². The minimum Gasteiger partial charge on any atom is -0.496 e. The number of piperidine rings is 1. The number of aromatic amines is 1. The van der Waals surface area contributed by atoms with E-state index in [1.807, 2.05) is 12.1 Å². The number of likely N-dealkylation sites (tertiary alicyclic amines) is 1. The number of anilines is 1. The van der Waals surface area contributed by atoms with Gasteiger partial charge in [0.1, 0.15) is 11.4 Å². The molecule has 1 fully saturated rings. The Balaban J connectivity index is 1.90. The summed E-state index contributed by atoms with van der Waals surface area (Å²) in [6, 6.07) is 5.98. The molecule has 1 aromatic heterocycles. The third-order valence-corrected chi connectivity index (χ3v) is 5.42. The Morgan fingerprint density at radius 2 is 2.11 bits per heavy atom. The molecule has 1 unspecified atom stereocenters. The van der Waals surface area contributed by atoms with Gasteiger partial charge < -0.3 is 24.7 Å². The summed E-state index contributed by atoms with van der Waals surface area (Å²) in [5.41, 5.74) is 1.36. The molecule has 0 bridgehead atoms. The van der Waals surface area contributed by atoms with Gasteiger partial charge in [0, 0.05) is 0 Å². The fourth-order valence-electron chi connectivity index (χ4n) is 4.03. The van der Waals surface area contributed by atoms with Crippen molar-refractivity contribution in [3.8, 4) is 5.75 Å². The fourth-order valence-corrected chi connectivity index (χ4v) is 4.03. The highest BCUT2D eigenvalue weighted by Gasteiger charge is 2.28. The molecule has 2 heterocycles. The number of quaternary nitrogens is 1. The number of benzene rings is 1. The minimum atomic E-state index is -0.527. The van der Waals surface area contributed by atoms with Crippen molar-refractivity contribution in [2.75, 3.05) is 32.6 Å². The Kier molecular flexibility index (Phi) is 6.01. The van der Waals surface area contributed by atoms with Crippen molar-refractivity contribution in [3.05, 3.63) is 23.9 Å². The number of aromatic nitrogens is 1. The molecule has 146 valence electrons. The zero-order chi connectivity index (χ0) is 19.4. The number of esters is 1. The van der Waals surface area contributed by atoms with Crippen molar-refractivity contribution in [1.29, 1.82) is 0 Å². The van der Waals surface area contributed by atoms with Crippen LogP contribution in [0, 0.1) is 0 Å². The SMILES string of the molecule is CC[C@H]1CCCC[NH+]1CC(=O)Nc1c(C(=O)OC)[nH]c2cccc(OC)c12. The predicted molar refractivity (Wildman–Crippen MR) is 103 cm³/mol. The number of methoxy groups -OCH3 is 2. The van der Waals surface area contributed by atoms with Crippen LogP contribution in [0.4, 0.5) is 5.69 Å². The number of carbonyl (C=O) groups excluding carboxylic acids is 2. The van der Waals surface area contributed by atoms with Crippen molar-refractivity contribution < 1.29 is 24.0 Å². The van der Waals surface area contributed by atoms with Gasteiger partial charge in [-0.15, -0.1) is 0 Å². The van der Waals surface area contributed by atoms with E-state index in [4.69, 9.17) is 9.47 Å². The zero-order valence-corrected chi connectivity index (χ0v) is 16.2. The maximum Gasteiger partial charge on any atom is 0.356 e. The third kappa shape index (κ3) is 3.93. The topological polar surface area (TPSA) is 84.9 Å². The molecule has 1 saturated heterocycles. The molecule has 27 heavy (non-hydrogen) atoms. The first-order valence-electron chi connectivity index (χ1n) is 9.50. The van der Waals surface area contributed by atoms with Crippen LogP contribution in [0.2, 0.25) is 0 Å². The number of nitrogens with one attached hydrogen (secondary N) is 3. The second kappa shape index (κ2) is 8.43. The number of amides is 1. The van der Waals surface area contributed by atoms with E-state index in [1.165, 1.54) is 18.4 Å². The van der Waals surface area contributed by atoms with Gasteiger partial charge in [-0.1, -0.05) is 13.0 Å². The monoisotopic (exact) mass is 374 g/mol. The van der Waals surface area contributed by atoms with Gasteiger partial charge in [-0.2, -0.15) is 0 Å². The summed E-state index contributed by atoms with van der Waals surface area (Å²) in [6.07, 6.45) is 4.60. The van der Waals surface area contributed by atoms with Crippen molar-refractivity contribution in [3.63, 3.8) is 0 Å². The Bertz CT molecular complexity index is 830. The van der Waals surface area contributed by atoms with Crippen molar-refractivity contribution >= 4 is 28.5 Å². The van der Waals surface area contributed by atoms with Gasteiger partial charge in [0.15, 0.2) is 6.54 Å². The van der Waals surface area contributed by atoms with Crippen molar-refractivity contribution in [2.45, 2.75) is 38.6 Å². The van der Waals surface area contributed by atoms with E-state index >= 15 is 0 Å². The highest BCUT2D eigenvalue weighted by Crippen LogP contribution is 2.35. The van der Waals surface area contributed by atoms with Crippen LogP contribution in [0.25, 0.3) is 10.9 Å². The van der Waals surface area contributed by atoms with Crippen LogP contribution >= 0.6 is 0 Å². The van der Waals surface area contributed by atoms with Crippen LogP contribution < -0.4 is 15.0 Å². The highest BCUT2D eigenvalue weighted by atomic mass is 16.5. The van der Waals surface area contributed by atoms with E-state index in [1.54, 1.807) is 13.2 Å². The fraction of sp³-hybridized carbons (Fsp3) is 0.500. The Morgan fingerprint density at radius 3 is 2.81 bits per heavy atom. The summed E-state index contributed by atoms with van der Waals surface area (Å²) < 4.78 is 10.3. The summed E-state index contributed by atoms with van der Waals surface area (Å²) in [5, 5.41) is 3.62. The smallest absolute Gasteiger partial charge is 0.356 e. The second-order valence-electron chi connectivity index (χ2n) is 6.98. The number of fused-ring (bicyclic) bond motifs is 1. The Morgan fingerprint density at radius 1 is 1.30 bits per heavy atom. The van der Waals surface area contributed by atoms with Crippen LogP contribution in [-0.4, -0.2) is 50.2 Å². The standard InChI is InChI=1S/C20H27N3O4/c1-4-13-8-5-6-11-23(13)12-16(24)22-18-17-14(9-7-10-15(17)26-2)21-19(18)20(25)27-3/h7,9-10,13,21H,4-6,8,11-12H2,1-3H3,(H,22,24)/p+1/t13-/m0/s1. The number of carbonyl (C=O) groups is 2. The first-order valence-corrected chi connectivity index (χ1v) is 9.50. The van der Waals surface area contributed by atoms with Gasteiger partial charge in [0.2, 0.25) is 0 Å². The molecule has 1 aliphatic rings. The number of hydrogen-bond donors (Lipinski definition) is 3. The van der Waals surface area contributed by atoms with E-state index in [-0.39, 0.29) is 11.6 Å². The normalized spacial score (nSPS) is 19.7. The van der Waals surface area contributed by atoms with Crippen LogP contribution in [-0.2, 0) is 9.53 Å². The first kappa shape index (κ1) is 19.2. The lowest BCUT2D eigenvalue weighted by atomic mass is 10.00. The maximum atomic E-state index is 12.8. The molecule has 0 saturated carbocycles. The van der Waals surface area contributed by atoms with E-state index in [9.17, 15) is 9.59 Å². The van der Waals surface area contributed by atoms with Crippen LogP contribution in [0.1, 0.15) is 43.1 Å². The van der Waals surface area contributed by atoms with E-state index in [2.05, 4.69) is 17.2 Å². The number of hydrogen-bond acceptors (Lipinski definition) is 4. The number of rotatable bonds is 6. The molecule has 2 aromatic rings. The van der Waals surface area contributed by atoms with Crippen LogP contribution in [0.15, 0.2) is 18.2 Å². The summed E-state index contributed by atoms with van der Waals surface area (Å²) in [6.45, 7) is 3.57. The molecule has 1 amide bonds. The van der Waals surface area contributed by atoms with Gasteiger partial charge in [-0.05, 0) is 37.8 Å². The third-order valence-electron chi connectivity index (χ3n) is 5.42. The highest BCUT2D eigenvalue weighted by molar-refractivity contribution is 6.13. The molecule has 0 radical (unpaired) electrons. The first-order chi connectivity index (χ1) is 13.1. The predicted octanol–water partition coefficient (Wildman–Crippen LogP) is 1.75. The molecule has 1 aliphatic heterocycles. The quantitative estimate of drug-likeness (QED) is 0.673. The summed E-state index contributed by atoms with van der Waals surface area (Å²) >= 11 is 0. The summed E-state index contributed by atoms with van der Waals surface area (Å²) in [4.78, 5) is 29.4. The molecule has 0 spiro atoms. The Labute approximate surface area is 159 Å². The molecule has 0 aliphatic carbocycles. The van der Waals surface area contributed by atoms with E-state index < -0.39 is 5.97 Å². The molecule has 2 atom stereocenters. The molecule has 3 N–H and O–H groups in total. The van der Waals surface area contributed by atoms with Crippen LogP contribution in [0.3, 0.4) is 0 Å². The lowest BCUT2D eigenvalue weighted by molar-refractivity contribution is -0.923. The largest absolute Gasteiger partial charge is 0.496 e. The molecule has 3 rings (SSSR count). The van der Waals surface area contributed by atoms with Gasteiger partial charge in [-0.25, -0.2) is 4.79 Å². The lowest BCUT2D eigenvalue weighted by Gasteiger charge is -2.31. The maximum absolute atomic E-state index is 12.8. The number of ether oxygens (including phenoxy) is 2. The summed E-state index contributed by atoms with van der Waals surface area (Å²) in [7, 11) is 2.88. The van der Waals surface area contributed by atoms with E-state index in [0.717, 1.165) is 25.8 Å². The van der Waals surface area contributed by atoms with Gasteiger partial charge in [0.25, 0.3) is 5.91 Å². The Hall–Kier alpha value is -2.54. The van der Waals surface area contributed by atoms with Gasteiger partial charge in [0.05, 0.1) is 43.4 Å². The molecule has 1 aromatic carbocycles. The molecule has 7 heteroatoms. The van der Waals surface area contributed by atoms with Gasteiger partial charge in [-0.3, -0.25) is 4.79 Å². The molecular weight excluding hydrogens is 346 g/mol. The number of H-pyrrole nitrogens is 1. The lowest BCUT2D eigenvalue weighted by Crippen LogP contribution is -3.17.